The lowest BCUT2D eigenvalue weighted by atomic mass is 9.76. The number of hydrazine groups is 1. The van der Waals surface area contributed by atoms with Crippen LogP contribution in [0.2, 0.25) is 0 Å². The van der Waals surface area contributed by atoms with Crippen molar-refractivity contribution in [2.24, 2.45) is 5.84 Å². The van der Waals surface area contributed by atoms with Crippen LogP contribution in [0.1, 0.15) is 53.5 Å². The summed E-state index contributed by atoms with van der Waals surface area (Å²) in [6, 6.07) is 10.8. The Morgan fingerprint density at radius 3 is 2.65 bits per heavy atom. The third-order valence-electron chi connectivity index (χ3n) is 4.39. The maximum atomic E-state index is 5.86. The Kier molecular flexibility index (Phi) is 3.81. The Hall–Kier alpha value is -1.71. The molecule has 0 saturated heterocycles. The van der Waals surface area contributed by atoms with E-state index in [1.165, 1.54) is 41.5 Å². The van der Waals surface area contributed by atoms with Crippen molar-refractivity contribution >= 4 is 0 Å². The standard InChI is InChI=1S/C17H21N3/c1-12-11-19-10-9-14(12)17(20-18)16-8-3-2-7-15(16)13-5-4-6-13/h2-3,7-11,13,17,20H,4-6,18H2,1H3. The van der Waals surface area contributed by atoms with E-state index >= 15 is 0 Å². The van der Waals surface area contributed by atoms with Gasteiger partial charge in [0.1, 0.15) is 0 Å². The molecule has 2 aromatic rings. The molecule has 1 aliphatic carbocycles. The van der Waals surface area contributed by atoms with Crippen molar-refractivity contribution in [1.82, 2.24) is 10.4 Å². The number of hydrogen-bond acceptors (Lipinski definition) is 3. The Morgan fingerprint density at radius 2 is 2.00 bits per heavy atom. The second-order valence-electron chi connectivity index (χ2n) is 5.59. The van der Waals surface area contributed by atoms with Crippen LogP contribution in [0.4, 0.5) is 0 Å². The highest BCUT2D eigenvalue weighted by Crippen LogP contribution is 2.40. The van der Waals surface area contributed by atoms with Crippen molar-refractivity contribution in [3.63, 3.8) is 0 Å². The summed E-state index contributed by atoms with van der Waals surface area (Å²) in [4.78, 5) is 4.17. The molecule has 1 fully saturated rings. The van der Waals surface area contributed by atoms with E-state index in [4.69, 9.17) is 5.84 Å². The number of nitrogens with zero attached hydrogens (tertiary/aromatic N) is 1. The van der Waals surface area contributed by atoms with Gasteiger partial charge in [-0.1, -0.05) is 30.7 Å². The maximum Gasteiger partial charge on any atom is 0.0716 e. The Morgan fingerprint density at radius 1 is 1.20 bits per heavy atom. The second kappa shape index (κ2) is 5.73. The number of nitrogens with two attached hydrogens (primary N) is 1. The first-order chi connectivity index (χ1) is 9.81. The van der Waals surface area contributed by atoms with Crippen molar-refractivity contribution < 1.29 is 0 Å². The molecule has 0 amide bonds. The molecule has 1 aliphatic rings. The fourth-order valence-corrected chi connectivity index (χ4v) is 3.02. The summed E-state index contributed by atoms with van der Waals surface area (Å²) in [6.07, 6.45) is 7.66. The number of aromatic nitrogens is 1. The van der Waals surface area contributed by atoms with Gasteiger partial charge in [-0.05, 0) is 54.0 Å². The van der Waals surface area contributed by atoms with E-state index in [-0.39, 0.29) is 6.04 Å². The molecule has 3 nitrogen and oxygen atoms in total. The van der Waals surface area contributed by atoms with Crippen LogP contribution in [0.25, 0.3) is 0 Å². The summed E-state index contributed by atoms with van der Waals surface area (Å²) in [6.45, 7) is 2.08. The smallest absolute Gasteiger partial charge is 0.0716 e. The monoisotopic (exact) mass is 267 g/mol. The molecule has 0 bridgehead atoms. The molecule has 1 heterocycles. The third kappa shape index (κ3) is 2.35. The minimum atomic E-state index is 0.0369. The van der Waals surface area contributed by atoms with Gasteiger partial charge in [0.2, 0.25) is 0 Å². The fraction of sp³-hybridized carbons (Fsp3) is 0.353. The second-order valence-corrected chi connectivity index (χ2v) is 5.59. The van der Waals surface area contributed by atoms with Gasteiger partial charge in [0.05, 0.1) is 6.04 Å². The lowest BCUT2D eigenvalue weighted by Gasteiger charge is -2.30. The van der Waals surface area contributed by atoms with Crippen molar-refractivity contribution in [3.05, 3.63) is 65.0 Å². The highest BCUT2D eigenvalue weighted by atomic mass is 15.2. The quantitative estimate of drug-likeness (QED) is 0.660. The Labute approximate surface area is 120 Å². The van der Waals surface area contributed by atoms with Crippen molar-refractivity contribution in [3.8, 4) is 0 Å². The van der Waals surface area contributed by atoms with E-state index in [9.17, 15) is 0 Å². The third-order valence-corrected chi connectivity index (χ3v) is 4.39. The molecule has 3 heteroatoms. The largest absolute Gasteiger partial charge is 0.271 e. The van der Waals surface area contributed by atoms with E-state index in [0.29, 0.717) is 5.92 Å². The first-order valence-corrected chi connectivity index (χ1v) is 7.26. The number of benzene rings is 1. The highest BCUT2D eigenvalue weighted by molar-refractivity contribution is 5.41. The number of rotatable bonds is 4. The lowest BCUT2D eigenvalue weighted by molar-refractivity contribution is 0.414. The van der Waals surface area contributed by atoms with Gasteiger partial charge in [-0.2, -0.15) is 0 Å². The van der Waals surface area contributed by atoms with Crippen molar-refractivity contribution in [2.75, 3.05) is 0 Å². The van der Waals surface area contributed by atoms with Crippen molar-refractivity contribution in [1.29, 1.82) is 0 Å². The van der Waals surface area contributed by atoms with Crippen LogP contribution in [-0.2, 0) is 0 Å². The van der Waals surface area contributed by atoms with Crippen LogP contribution in [-0.4, -0.2) is 4.98 Å². The molecule has 1 unspecified atom stereocenters. The maximum absolute atomic E-state index is 5.86. The predicted octanol–water partition coefficient (Wildman–Crippen LogP) is 3.21. The molecule has 0 radical (unpaired) electrons. The highest BCUT2D eigenvalue weighted by Gasteiger charge is 2.25. The number of aryl methyl sites for hydroxylation is 1. The van der Waals surface area contributed by atoms with Gasteiger partial charge in [0.25, 0.3) is 0 Å². The molecule has 0 aliphatic heterocycles. The minimum absolute atomic E-state index is 0.0369. The first kappa shape index (κ1) is 13.3. The van der Waals surface area contributed by atoms with Gasteiger partial charge in [-0.15, -0.1) is 0 Å². The molecular formula is C17H21N3. The molecule has 3 rings (SSSR count). The molecular weight excluding hydrogens is 246 g/mol. The van der Waals surface area contributed by atoms with Crippen molar-refractivity contribution in [2.45, 2.75) is 38.1 Å². The SMILES string of the molecule is Cc1cnccc1C(NN)c1ccccc1C1CCC1. The van der Waals surface area contributed by atoms with E-state index in [0.717, 1.165) is 0 Å². The molecule has 0 spiro atoms. The van der Waals surface area contributed by atoms with Crippen LogP contribution in [0.15, 0.2) is 42.7 Å². The minimum Gasteiger partial charge on any atom is -0.271 e. The summed E-state index contributed by atoms with van der Waals surface area (Å²) in [5.74, 6) is 6.56. The zero-order valence-electron chi connectivity index (χ0n) is 11.8. The van der Waals surface area contributed by atoms with Crippen LogP contribution in [0.3, 0.4) is 0 Å². The van der Waals surface area contributed by atoms with E-state index in [1.807, 2.05) is 12.4 Å². The molecule has 3 N–H and O–H groups in total. The number of nitrogens with one attached hydrogen (secondary N) is 1. The van der Waals surface area contributed by atoms with Gasteiger partial charge in [-0.3, -0.25) is 10.8 Å². The number of hydrogen-bond donors (Lipinski definition) is 2. The van der Waals surface area contributed by atoms with Gasteiger partial charge in [0.15, 0.2) is 0 Å². The molecule has 20 heavy (non-hydrogen) atoms. The summed E-state index contributed by atoms with van der Waals surface area (Å²) >= 11 is 0. The van der Waals surface area contributed by atoms with Crippen LogP contribution in [0.5, 0.6) is 0 Å². The Bertz CT molecular complexity index is 590. The topological polar surface area (TPSA) is 50.9 Å². The van der Waals surface area contributed by atoms with Gasteiger partial charge >= 0.3 is 0 Å². The van der Waals surface area contributed by atoms with E-state index in [1.54, 1.807) is 0 Å². The van der Waals surface area contributed by atoms with E-state index < -0.39 is 0 Å². The zero-order valence-corrected chi connectivity index (χ0v) is 11.8. The Balaban J connectivity index is 2.03. The fourth-order valence-electron chi connectivity index (χ4n) is 3.02. The average molecular weight is 267 g/mol. The van der Waals surface area contributed by atoms with E-state index in [2.05, 4.69) is 47.7 Å². The van der Waals surface area contributed by atoms with Crippen LogP contribution >= 0.6 is 0 Å². The normalized spacial score (nSPS) is 16.7. The molecule has 1 aromatic heterocycles. The van der Waals surface area contributed by atoms with Gasteiger partial charge in [-0.25, -0.2) is 5.43 Å². The molecule has 1 saturated carbocycles. The van der Waals surface area contributed by atoms with Crippen LogP contribution in [0, 0.1) is 6.92 Å². The zero-order chi connectivity index (χ0) is 13.9. The van der Waals surface area contributed by atoms with Gasteiger partial charge in [0, 0.05) is 12.4 Å². The predicted molar refractivity (Wildman–Crippen MR) is 81.2 cm³/mol. The molecule has 104 valence electrons. The summed E-state index contributed by atoms with van der Waals surface area (Å²) in [5, 5.41) is 0. The van der Waals surface area contributed by atoms with Gasteiger partial charge < -0.3 is 0 Å². The first-order valence-electron chi connectivity index (χ1n) is 7.26. The molecule has 1 aromatic carbocycles. The average Bonchev–Trinajstić information content (AvgIpc) is 2.41. The lowest BCUT2D eigenvalue weighted by Crippen LogP contribution is -2.31. The number of pyridine rings is 1. The van der Waals surface area contributed by atoms with Crippen LogP contribution < -0.4 is 11.3 Å². The summed E-state index contributed by atoms with van der Waals surface area (Å²) in [7, 11) is 0. The summed E-state index contributed by atoms with van der Waals surface area (Å²) in [5.41, 5.74) is 8.10. The summed E-state index contributed by atoms with van der Waals surface area (Å²) < 4.78 is 0. The molecule has 1 atom stereocenters.